The van der Waals surface area contributed by atoms with Gasteiger partial charge >= 0.3 is 0 Å². The molecule has 1 aromatic carbocycles. The fraction of sp³-hybridized carbons (Fsp3) is 0.389. The summed E-state index contributed by atoms with van der Waals surface area (Å²) in [6.45, 7) is 4.67. The molecule has 0 atom stereocenters. The number of rotatable bonds is 6. The Balaban J connectivity index is 1.61. The third kappa shape index (κ3) is 3.69. The van der Waals surface area contributed by atoms with Crippen molar-refractivity contribution in [3.8, 4) is 0 Å². The standard InChI is InChI=1S/C18H23N3S/c1-2-19-17(20-12-15-8-11-22-13-15)21-14-18(9-10-18)16-6-4-3-5-7-16/h3-8,11,13H,2,9-10,12,14H2,1H3,(H2,19,20,21). The predicted octanol–water partition coefficient (Wildman–Crippen LogP) is 3.54. The first kappa shape index (κ1) is 15.1. The molecular formula is C18H23N3S. The maximum atomic E-state index is 4.68. The van der Waals surface area contributed by atoms with Gasteiger partial charge in [0, 0.05) is 18.5 Å². The molecule has 0 saturated heterocycles. The normalized spacial score (nSPS) is 16.3. The summed E-state index contributed by atoms with van der Waals surface area (Å²) in [7, 11) is 0. The molecule has 116 valence electrons. The molecule has 1 aliphatic carbocycles. The van der Waals surface area contributed by atoms with Crippen LogP contribution in [0.25, 0.3) is 0 Å². The molecule has 1 saturated carbocycles. The average Bonchev–Trinajstić information content (AvgIpc) is 3.17. The minimum Gasteiger partial charge on any atom is -0.357 e. The summed E-state index contributed by atoms with van der Waals surface area (Å²) in [6, 6.07) is 13.0. The smallest absolute Gasteiger partial charge is 0.191 e. The third-order valence-corrected chi connectivity index (χ3v) is 4.91. The summed E-state index contributed by atoms with van der Waals surface area (Å²) in [5.74, 6) is 0.913. The van der Waals surface area contributed by atoms with Crippen LogP contribution in [0.5, 0.6) is 0 Å². The van der Waals surface area contributed by atoms with E-state index in [2.05, 4.69) is 69.7 Å². The molecule has 0 spiro atoms. The van der Waals surface area contributed by atoms with Gasteiger partial charge in [0.1, 0.15) is 0 Å². The number of benzene rings is 1. The van der Waals surface area contributed by atoms with Gasteiger partial charge in [-0.05, 0) is 47.7 Å². The lowest BCUT2D eigenvalue weighted by Gasteiger charge is -2.19. The monoisotopic (exact) mass is 313 g/mol. The Kier molecular flexibility index (Phi) is 4.78. The van der Waals surface area contributed by atoms with E-state index in [0.717, 1.165) is 25.6 Å². The minimum absolute atomic E-state index is 0.305. The lowest BCUT2D eigenvalue weighted by Crippen LogP contribution is -2.41. The Labute approximate surface area is 136 Å². The first-order chi connectivity index (χ1) is 10.8. The first-order valence-electron chi connectivity index (χ1n) is 7.91. The first-order valence-corrected chi connectivity index (χ1v) is 8.85. The number of thiophene rings is 1. The zero-order valence-electron chi connectivity index (χ0n) is 13.0. The van der Waals surface area contributed by atoms with Crippen LogP contribution in [0.1, 0.15) is 30.9 Å². The highest BCUT2D eigenvalue weighted by Gasteiger charge is 2.43. The second-order valence-corrected chi connectivity index (χ2v) is 6.61. The van der Waals surface area contributed by atoms with E-state index in [9.17, 15) is 0 Å². The van der Waals surface area contributed by atoms with Gasteiger partial charge in [0.2, 0.25) is 0 Å². The molecule has 0 aliphatic heterocycles. The van der Waals surface area contributed by atoms with Crippen LogP contribution in [0.4, 0.5) is 0 Å². The Hall–Kier alpha value is -1.81. The minimum atomic E-state index is 0.305. The van der Waals surface area contributed by atoms with E-state index in [-0.39, 0.29) is 0 Å². The van der Waals surface area contributed by atoms with Crippen molar-refractivity contribution in [2.75, 3.05) is 13.1 Å². The Morgan fingerprint density at radius 1 is 1.18 bits per heavy atom. The summed E-state index contributed by atoms with van der Waals surface area (Å²) in [6.07, 6.45) is 2.52. The van der Waals surface area contributed by atoms with Crippen molar-refractivity contribution in [1.29, 1.82) is 0 Å². The summed E-state index contributed by atoms with van der Waals surface area (Å²) >= 11 is 1.72. The van der Waals surface area contributed by atoms with Crippen molar-refractivity contribution in [2.45, 2.75) is 31.7 Å². The van der Waals surface area contributed by atoms with Gasteiger partial charge in [0.05, 0.1) is 6.54 Å². The molecule has 3 rings (SSSR count). The van der Waals surface area contributed by atoms with E-state index in [1.54, 1.807) is 11.3 Å². The highest BCUT2D eigenvalue weighted by atomic mass is 32.1. The van der Waals surface area contributed by atoms with Gasteiger partial charge in [-0.3, -0.25) is 0 Å². The molecule has 1 heterocycles. The van der Waals surface area contributed by atoms with Crippen molar-refractivity contribution in [2.24, 2.45) is 4.99 Å². The van der Waals surface area contributed by atoms with Crippen LogP contribution >= 0.6 is 11.3 Å². The van der Waals surface area contributed by atoms with Crippen molar-refractivity contribution in [3.05, 3.63) is 58.3 Å². The molecule has 0 amide bonds. The molecule has 2 aromatic rings. The fourth-order valence-electron chi connectivity index (χ4n) is 2.66. The summed E-state index contributed by atoms with van der Waals surface area (Å²) in [5.41, 5.74) is 3.02. The quantitative estimate of drug-likeness (QED) is 0.632. The second kappa shape index (κ2) is 6.97. The maximum Gasteiger partial charge on any atom is 0.191 e. The predicted molar refractivity (Wildman–Crippen MR) is 94.5 cm³/mol. The van der Waals surface area contributed by atoms with Crippen molar-refractivity contribution < 1.29 is 0 Å². The summed E-state index contributed by atoms with van der Waals surface area (Å²) < 4.78 is 0. The highest BCUT2D eigenvalue weighted by Crippen LogP contribution is 2.47. The molecule has 1 aliphatic rings. The van der Waals surface area contributed by atoms with Gasteiger partial charge in [0.25, 0.3) is 0 Å². The number of hydrogen-bond donors (Lipinski definition) is 2. The molecule has 1 aromatic heterocycles. The molecule has 22 heavy (non-hydrogen) atoms. The molecule has 0 radical (unpaired) electrons. The Morgan fingerprint density at radius 3 is 2.64 bits per heavy atom. The number of aliphatic imine (C=N–C) groups is 1. The summed E-state index contributed by atoms with van der Waals surface area (Å²) in [4.78, 5) is 4.68. The van der Waals surface area contributed by atoms with Gasteiger partial charge in [-0.15, -0.1) is 0 Å². The molecule has 3 nitrogen and oxygen atoms in total. The van der Waals surface area contributed by atoms with E-state index in [1.807, 2.05) is 0 Å². The Morgan fingerprint density at radius 2 is 2.00 bits per heavy atom. The van der Waals surface area contributed by atoms with Gasteiger partial charge < -0.3 is 10.6 Å². The number of nitrogens with one attached hydrogen (secondary N) is 2. The van der Waals surface area contributed by atoms with Crippen LogP contribution in [-0.4, -0.2) is 19.0 Å². The van der Waals surface area contributed by atoms with Crippen LogP contribution < -0.4 is 10.6 Å². The molecule has 2 N–H and O–H groups in total. The highest BCUT2D eigenvalue weighted by molar-refractivity contribution is 7.07. The summed E-state index contributed by atoms with van der Waals surface area (Å²) in [5, 5.41) is 11.1. The zero-order valence-corrected chi connectivity index (χ0v) is 13.8. The van der Waals surface area contributed by atoms with E-state index in [4.69, 9.17) is 0 Å². The van der Waals surface area contributed by atoms with Crippen LogP contribution in [-0.2, 0) is 12.0 Å². The van der Waals surface area contributed by atoms with Crippen molar-refractivity contribution >= 4 is 17.3 Å². The molecule has 0 bridgehead atoms. The number of nitrogens with zero attached hydrogens (tertiary/aromatic N) is 1. The lowest BCUT2D eigenvalue weighted by molar-refractivity contribution is 0.646. The van der Waals surface area contributed by atoms with E-state index >= 15 is 0 Å². The van der Waals surface area contributed by atoms with Crippen molar-refractivity contribution in [3.63, 3.8) is 0 Å². The van der Waals surface area contributed by atoms with E-state index in [1.165, 1.54) is 24.0 Å². The molecule has 0 unspecified atom stereocenters. The van der Waals surface area contributed by atoms with Crippen molar-refractivity contribution in [1.82, 2.24) is 10.6 Å². The largest absolute Gasteiger partial charge is 0.357 e. The SMILES string of the molecule is CCNC(=NCc1ccsc1)NCC1(c2ccccc2)CC1. The molecule has 1 fully saturated rings. The molecule has 4 heteroatoms. The second-order valence-electron chi connectivity index (χ2n) is 5.83. The van der Waals surface area contributed by atoms with Crippen LogP contribution in [0, 0.1) is 0 Å². The van der Waals surface area contributed by atoms with Gasteiger partial charge in [-0.25, -0.2) is 4.99 Å². The zero-order chi connectivity index (χ0) is 15.3. The van der Waals surface area contributed by atoms with Gasteiger partial charge in [-0.2, -0.15) is 11.3 Å². The molecular weight excluding hydrogens is 290 g/mol. The van der Waals surface area contributed by atoms with Crippen LogP contribution in [0.15, 0.2) is 52.2 Å². The topological polar surface area (TPSA) is 36.4 Å². The maximum absolute atomic E-state index is 4.68. The number of guanidine groups is 1. The van der Waals surface area contributed by atoms with Gasteiger partial charge in [-0.1, -0.05) is 30.3 Å². The fourth-order valence-corrected chi connectivity index (χ4v) is 3.32. The average molecular weight is 313 g/mol. The van der Waals surface area contributed by atoms with Gasteiger partial charge in [0.15, 0.2) is 5.96 Å². The van der Waals surface area contributed by atoms with Crippen LogP contribution in [0.3, 0.4) is 0 Å². The Bertz CT molecular complexity index is 601. The third-order valence-electron chi connectivity index (χ3n) is 4.18. The van der Waals surface area contributed by atoms with Crippen LogP contribution in [0.2, 0.25) is 0 Å². The number of hydrogen-bond acceptors (Lipinski definition) is 2. The lowest BCUT2D eigenvalue weighted by atomic mass is 9.96. The van der Waals surface area contributed by atoms with E-state index in [0.29, 0.717) is 5.41 Å². The van der Waals surface area contributed by atoms with E-state index < -0.39 is 0 Å².